The molecule has 0 fully saturated rings. The van der Waals surface area contributed by atoms with Gasteiger partial charge in [-0.25, -0.2) is 8.78 Å². The molecule has 0 saturated carbocycles. The summed E-state index contributed by atoms with van der Waals surface area (Å²) >= 11 is 3.32. The van der Waals surface area contributed by atoms with Crippen LogP contribution in [0.25, 0.3) is 0 Å². The molecule has 0 aliphatic carbocycles. The summed E-state index contributed by atoms with van der Waals surface area (Å²) in [5, 5.41) is 2.63. The predicted molar refractivity (Wildman–Crippen MR) is 71.6 cm³/mol. The van der Waals surface area contributed by atoms with Crippen LogP contribution in [-0.2, 0) is 11.3 Å². The molecule has 0 atom stereocenters. The summed E-state index contributed by atoms with van der Waals surface area (Å²) in [5.41, 5.74) is 0.544. The first-order valence-corrected chi connectivity index (χ1v) is 6.83. The molecule has 1 N–H and O–H groups in total. The van der Waals surface area contributed by atoms with Crippen LogP contribution in [0.15, 0.2) is 16.7 Å². The van der Waals surface area contributed by atoms with Crippen LogP contribution in [0, 0.1) is 0 Å². The molecule has 7 heteroatoms. The summed E-state index contributed by atoms with van der Waals surface area (Å²) in [4.78, 5) is 11.9. The van der Waals surface area contributed by atoms with E-state index in [1.165, 1.54) is 0 Å². The Hall–Kier alpha value is -0.950. The number of rotatable bonds is 8. The number of carbonyl (C=O) groups excluding carboxylic acids is 1. The van der Waals surface area contributed by atoms with Gasteiger partial charge in [0.05, 0.1) is 6.61 Å². The van der Waals surface area contributed by atoms with Gasteiger partial charge in [-0.1, -0.05) is 6.92 Å². The van der Waals surface area contributed by atoms with Crippen molar-refractivity contribution in [3.63, 3.8) is 0 Å². The van der Waals surface area contributed by atoms with Crippen molar-refractivity contribution in [2.75, 3.05) is 19.8 Å². The number of amides is 1. The van der Waals surface area contributed by atoms with E-state index in [-0.39, 0.29) is 19.1 Å². The fourth-order valence-corrected chi connectivity index (χ4v) is 2.05. The van der Waals surface area contributed by atoms with Crippen molar-refractivity contribution in [3.8, 4) is 0 Å². The van der Waals surface area contributed by atoms with Gasteiger partial charge in [0, 0.05) is 23.8 Å². The van der Waals surface area contributed by atoms with Crippen molar-refractivity contribution in [2.45, 2.75) is 26.3 Å². The molecule has 0 bridgehead atoms. The zero-order valence-corrected chi connectivity index (χ0v) is 12.3. The highest BCUT2D eigenvalue weighted by Crippen LogP contribution is 2.15. The van der Waals surface area contributed by atoms with E-state index in [1.807, 2.05) is 17.7 Å². The van der Waals surface area contributed by atoms with Crippen LogP contribution in [0.1, 0.15) is 23.8 Å². The van der Waals surface area contributed by atoms with Crippen LogP contribution < -0.4 is 5.32 Å². The van der Waals surface area contributed by atoms with Crippen molar-refractivity contribution >= 4 is 21.8 Å². The van der Waals surface area contributed by atoms with Gasteiger partial charge >= 0.3 is 0 Å². The Balaban J connectivity index is 2.40. The van der Waals surface area contributed by atoms with Gasteiger partial charge in [0.2, 0.25) is 0 Å². The number of aromatic nitrogens is 1. The molecule has 0 aromatic carbocycles. The lowest BCUT2D eigenvalue weighted by Gasteiger charge is -2.09. The van der Waals surface area contributed by atoms with Crippen LogP contribution in [0.5, 0.6) is 0 Å². The third-order valence-corrected chi connectivity index (χ3v) is 2.77. The van der Waals surface area contributed by atoms with E-state index in [9.17, 15) is 13.6 Å². The summed E-state index contributed by atoms with van der Waals surface area (Å²) in [6.07, 6.45) is 0.276. The fourth-order valence-electron chi connectivity index (χ4n) is 1.59. The van der Waals surface area contributed by atoms with Crippen molar-refractivity contribution in [2.24, 2.45) is 0 Å². The van der Waals surface area contributed by atoms with E-state index in [1.54, 1.807) is 6.07 Å². The molecule has 0 saturated heterocycles. The number of nitrogens with zero attached hydrogens (tertiary/aromatic N) is 1. The Bertz CT molecular complexity index is 410. The van der Waals surface area contributed by atoms with E-state index in [0.29, 0.717) is 5.69 Å². The molecule has 0 radical (unpaired) electrons. The minimum absolute atomic E-state index is 0.0751. The van der Waals surface area contributed by atoms with Crippen LogP contribution in [-0.4, -0.2) is 36.7 Å². The lowest BCUT2D eigenvalue weighted by molar-refractivity contribution is 0.0188. The van der Waals surface area contributed by atoms with Crippen LogP contribution in [0.4, 0.5) is 8.78 Å². The highest BCUT2D eigenvalue weighted by Gasteiger charge is 2.12. The van der Waals surface area contributed by atoms with E-state index in [2.05, 4.69) is 26.0 Å². The number of hydrogen-bond donors (Lipinski definition) is 1. The SMILES string of the molecule is CCCn1cc(Br)cc1C(=O)NCCOCC(F)F. The Labute approximate surface area is 119 Å². The van der Waals surface area contributed by atoms with Gasteiger partial charge in [0.1, 0.15) is 12.3 Å². The third kappa shape index (κ3) is 5.69. The standard InChI is InChI=1S/C12H17BrF2N2O2/c1-2-4-17-7-9(13)6-10(17)12(18)16-3-5-19-8-11(14)15/h6-7,11H,2-5,8H2,1H3,(H,16,18). The second-order valence-corrected chi connectivity index (χ2v) is 4.87. The smallest absolute Gasteiger partial charge is 0.268 e. The fraction of sp³-hybridized carbons (Fsp3) is 0.583. The van der Waals surface area contributed by atoms with Gasteiger partial charge < -0.3 is 14.6 Å². The first kappa shape index (κ1) is 16.1. The van der Waals surface area contributed by atoms with Crippen molar-refractivity contribution in [3.05, 3.63) is 22.4 Å². The number of halogens is 3. The molecule has 1 amide bonds. The molecule has 108 valence electrons. The largest absolute Gasteiger partial charge is 0.374 e. The summed E-state index contributed by atoms with van der Waals surface area (Å²) in [6.45, 7) is 2.45. The maximum atomic E-state index is 11.9. The quantitative estimate of drug-likeness (QED) is 0.740. The molecule has 1 heterocycles. The van der Waals surface area contributed by atoms with Crippen LogP contribution in [0.2, 0.25) is 0 Å². The Morgan fingerprint density at radius 2 is 2.32 bits per heavy atom. The van der Waals surface area contributed by atoms with Gasteiger partial charge in [0.15, 0.2) is 0 Å². The number of alkyl halides is 2. The number of ether oxygens (including phenoxy) is 1. The first-order chi connectivity index (χ1) is 9.04. The lowest BCUT2D eigenvalue weighted by atomic mass is 10.3. The van der Waals surface area contributed by atoms with Crippen molar-refractivity contribution < 1.29 is 18.3 Å². The third-order valence-electron chi connectivity index (χ3n) is 2.34. The number of hydrogen-bond acceptors (Lipinski definition) is 2. The van der Waals surface area contributed by atoms with Crippen molar-refractivity contribution in [1.29, 1.82) is 0 Å². The molecule has 0 unspecified atom stereocenters. The average molecular weight is 339 g/mol. The second kappa shape index (κ2) is 8.27. The van der Waals surface area contributed by atoms with Gasteiger partial charge in [-0.05, 0) is 28.4 Å². The first-order valence-electron chi connectivity index (χ1n) is 6.04. The van der Waals surface area contributed by atoms with E-state index >= 15 is 0 Å². The maximum absolute atomic E-state index is 11.9. The molecule has 0 spiro atoms. The molecule has 0 aliphatic heterocycles. The Morgan fingerprint density at radius 3 is 2.95 bits per heavy atom. The highest BCUT2D eigenvalue weighted by molar-refractivity contribution is 9.10. The molecule has 1 aromatic rings. The topological polar surface area (TPSA) is 43.3 Å². The second-order valence-electron chi connectivity index (χ2n) is 3.96. The number of carbonyl (C=O) groups is 1. The molecule has 19 heavy (non-hydrogen) atoms. The van der Waals surface area contributed by atoms with Crippen molar-refractivity contribution in [1.82, 2.24) is 9.88 Å². The normalized spacial score (nSPS) is 11.0. The zero-order valence-electron chi connectivity index (χ0n) is 10.7. The minimum atomic E-state index is -2.48. The summed E-state index contributed by atoms with van der Waals surface area (Å²) in [6, 6.07) is 1.73. The van der Waals surface area contributed by atoms with Crippen LogP contribution in [0.3, 0.4) is 0 Å². The number of aryl methyl sites for hydroxylation is 1. The van der Waals surface area contributed by atoms with Gasteiger partial charge in [0.25, 0.3) is 12.3 Å². The molecule has 1 aromatic heterocycles. The Kier molecular flexibility index (Phi) is 7.01. The molecule has 0 aliphatic rings. The predicted octanol–water partition coefficient (Wildman–Crippen LogP) is 2.67. The monoisotopic (exact) mass is 338 g/mol. The molecular formula is C12H17BrF2N2O2. The van der Waals surface area contributed by atoms with E-state index < -0.39 is 13.0 Å². The van der Waals surface area contributed by atoms with Gasteiger partial charge in [-0.15, -0.1) is 0 Å². The average Bonchev–Trinajstić information content (AvgIpc) is 2.70. The molecule has 4 nitrogen and oxygen atoms in total. The summed E-state index contributed by atoms with van der Waals surface area (Å²) < 4.78 is 31.0. The van der Waals surface area contributed by atoms with Gasteiger partial charge in [-0.2, -0.15) is 0 Å². The lowest BCUT2D eigenvalue weighted by Crippen LogP contribution is -2.29. The zero-order chi connectivity index (χ0) is 14.3. The van der Waals surface area contributed by atoms with E-state index in [4.69, 9.17) is 0 Å². The molecule has 1 rings (SSSR count). The molecular weight excluding hydrogens is 322 g/mol. The summed E-state index contributed by atoms with van der Waals surface area (Å²) in [5.74, 6) is -0.236. The van der Waals surface area contributed by atoms with Gasteiger partial charge in [-0.3, -0.25) is 4.79 Å². The maximum Gasteiger partial charge on any atom is 0.268 e. The van der Waals surface area contributed by atoms with E-state index in [0.717, 1.165) is 17.4 Å². The summed E-state index contributed by atoms with van der Waals surface area (Å²) in [7, 11) is 0. The number of nitrogens with one attached hydrogen (secondary N) is 1. The van der Waals surface area contributed by atoms with Crippen LogP contribution >= 0.6 is 15.9 Å². The Morgan fingerprint density at radius 1 is 1.58 bits per heavy atom. The highest BCUT2D eigenvalue weighted by atomic mass is 79.9. The minimum Gasteiger partial charge on any atom is -0.374 e.